The first-order valence-electron chi connectivity index (χ1n) is 7.40. The minimum atomic E-state index is -0.690. The van der Waals surface area contributed by atoms with Crippen LogP contribution in [-0.4, -0.2) is 12.6 Å². The fourth-order valence-electron chi connectivity index (χ4n) is 2.32. The van der Waals surface area contributed by atoms with Crippen molar-refractivity contribution in [3.05, 3.63) is 71.8 Å². The van der Waals surface area contributed by atoms with Crippen molar-refractivity contribution in [1.29, 1.82) is 0 Å². The highest BCUT2D eigenvalue weighted by atomic mass is 19.1. The van der Waals surface area contributed by atoms with Gasteiger partial charge in [0.05, 0.1) is 12.2 Å². The molecule has 0 aliphatic rings. The molecule has 0 saturated heterocycles. The number of carbonyl (C=O) groups excluding carboxylic acids is 1. The van der Waals surface area contributed by atoms with Gasteiger partial charge in [-0.25, -0.2) is 13.6 Å². The summed E-state index contributed by atoms with van der Waals surface area (Å²) >= 11 is 0. The van der Waals surface area contributed by atoms with E-state index in [1.165, 1.54) is 30.3 Å². The van der Waals surface area contributed by atoms with Crippen LogP contribution < -0.4 is 9.47 Å². The first-order valence-corrected chi connectivity index (χ1v) is 7.40. The lowest BCUT2D eigenvalue weighted by atomic mass is 10.1. The smallest absolute Gasteiger partial charge is 0.343 e. The van der Waals surface area contributed by atoms with E-state index in [2.05, 4.69) is 0 Å². The maximum atomic E-state index is 13.9. The first-order chi connectivity index (χ1) is 11.6. The van der Waals surface area contributed by atoms with E-state index < -0.39 is 11.8 Å². The van der Waals surface area contributed by atoms with Crippen LogP contribution in [0.4, 0.5) is 8.78 Å². The Balaban J connectivity index is 1.83. The van der Waals surface area contributed by atoms with Gasteiger partial charge in [-0.2, -0.15) is 0 Å². The Bertz CT molecular complexity index is 906. The van der Waals surface area contributed by atoms with Crippen LogP contribution in [0.15, 0.2) is 54.6 Å². The van der Waals surface area contributed by atoms with Crippen LogP contribution in [0, 0.1) is 11.6 Å². The summed E-state index contributed by atoms with van der Waals surface area (Å²) in [5.74, 6) is -1.54. The van der Waals surface area contributed by atoms with Gasteiger partial charge in [-0.15, -0.1) is 0 Å². The SMILES string of the molecule is CCOc1ccc(OC(=O)c2ccc3cc(F)ccc3c2)c(F)c1. The zero-order valence-corrected chi connectivity index (χ0v) is 12.9. The second-order valence-electron chi connectivity index (χ2n) is 5.12. The van der Waals surface area contributed by atoms with E-state index in [4.69, 9.17) is 9.47 Å². The van der Waals surface area contributed by atoms with E-state index >= 15 is 0 Å². The third-order valence-corrected chi connectivity index (χ3v) is 3.45. The van der Waals surface area contributed by atoms with Crippen molar-refractivity contribution in [2.45, 2.75) is 6.92 Å². The van der Waals surface area contributed by atoms with Crippen LogP contribution in [-0.2, 0) is 0 Å². The van der Waals surface area contributed by atoms with Gasteiger partial charge in [0.2, 0.25) is 0 Å². The van der Waals surface area contributed by atoms with E-state index in [-0.39, 0.29) is 17.1 Å². The third kappa shape index (κ3) is 3.35. The minimum absolute atomic E-state index is 0.178. The monoisotopic (exact) mass is 328 g/mol. The molecular weight excluding hydrogens is 314 g/mol. The molecule has 0 amide bonds. The molecule has 0 saturated carbocycles. The maximum Gasteiger partial charge on any atom is 0.343 e. The Hall–Kier alpha value is -2.95. The van der Waals surface area contributed by atoms with E-state index in [1.807, 2.05) is 0 Å². The summed E-state index contributed by atoms with van der Waals surface area (Å²) in [6.45, 7) is 2.20. The predicted molar refractivity (Wildman–Crippen MR) is 86.4 cm³/mol. The lowest BCUT2D eigenvalue weighted by molar-refractivity contribution is 0.0727. The molecule has 0 aromatic heterocycles. The Labute approximate surface area is 137 Å². The topological polar surface area (TPSA) is 35.5 Å². The standard InChI is InChI=1S/C19H14F2O3/c1-2-23-16-7-8-18(17(21)11-16)24-19(22)14-4-3-13-10-15(20)6-5-12(13)9-14/h3-11H,2H2,1H3. The molecular formula is C19H14F2O3. The van der Waals surface area contributed by atoms with E-state index in [9.17, 15) is 13.6 Å². The van der Waals surface area contributed by atoms with Crippen LogP contribution in [0.2, 0.25) is 0 Å². The lowest BCUT2D eigenvalue weighted by Gasteiger charge is -2.08. The van der Waals surface area contributed by atoms with E-state index in [0.717, 1.165) is 6.07 Å². The molecule has 3 aromatic carbocycles. The van der Waals surface area contributed by atoms with Gasteiger partial charge < -0.3 is 9.47 Å². The molecule has 0 bridgehead atoms. The fourth-order valence-corrected chi connectivity index (χ4v) is 2.32. The molecule has 24 heavy (non-hydrogen) atoms. The van der Waals surface area contributed by atoms with Gasteiger partial charge in [0.1, 0.15) is 11.6 Å². The van der Waals surface area contributed by atoms with Crippen LogP contribution in [0.1, 0.15) is 17.3 Å². The number of hydrogen-bond donors (Lipinski definition) is 0. The van der Waals surface area contributed by atoms with Crippen LogP contribution in [0.25, 0.3) is 10.8 Å². The van der Waals surface area contributed by atoms with Crippen molar-refractivity contribution in [3.63, 3.8) is 0 Å². The second kappa shape index (κ2) is 6.66. The minimum Gasteiger partial charge on any atom is -0.494 e. The first kappa shape index (κ1) is 15.9. The van der Waals surface area contributed by atoms with Gasteiger partial charge in [0.15, 0.2) is 11.6 Å². The van der Waals surface area contributed by atoms with Crippen molar-refractivity contribution in [2.75, 3.05) is 6.61 Å². The number of ether oxygens (including phenoxy) is 2. The van der Waals surface area contributed by atoms with Gasteiger partial charge in [-0.05, 0) is 54.1 Å². The highest BCUT2D eigenvalue weighted by Gasteiger charge is 2.13. The fraction of sp³-hybridized carbons (Fsp3) is 0.105. The van der Waals surface area contributed by atoms with Crippen LogP contribution >= 0.6 is 0 Å². The van der Waals surface area contributed by atoms with Crippen molar-refractivity contribution in [2.24, 2.45) is 0 Å². The molecule has 122 valence electrons. The molecule has 0 spiro atoms. The number of esters is 1. The highest BCUT2D eigenvalue weighted by Crippen LogP contribution is 2.24. The van der Waals surface area contributed by atoms with E-state index in [1.54, 1.807) is 25.1 Å². The summed E-state index contributed by atoms with van der Waals surface area (Å²) < 4.78 is 37.4. The van der Waals surface area contributed by atoms with Crippen molar-refractivity contribution >= 4 is 16.7 Å². The zero-order valence-electron chi connectivity index (χ0n) is 12.9. The highest BCUT2D eigenvalue weighted by molar-refractivity contribution is 5.96. The number of fused-ring (bicyclic) bond motifs is 1. The number of benzene rings is 3. The zero-order chi connectivity index (χ0) is 17.1. The molecule has 0 fully saturated rings. The number of carbonyl (C=O) groups is 1. The average Bonchev–Trinajstić information content (AvgIpc) is 2.57. The molecule has 0 atom stereocenters. The molecule has 0 aliphatic heterocycles. The Morgan fingerprint density at radius 1 is 0.958 bits per heavy atom. The van der Waals surface area contributed by atoms with Crippen molar-refractivity contribution in [1.82, 2.24) is 0 Å². The number of rotatable bonds is 4. The second-order valence-corrected chi connectivity index (χ2v) is 5.12. The largest absolute Gasteiger partial charge is 0.494 e. The Kier molecular flexibility index (Phi) is 4.42. The third-order valence-electron chi connectivity index (χ3n) is 3.45. The summed E-state index contributed by atoms with van der Waals surface area (Å²) in [6, 6.07) is 13.0. The van der Waals surface area contributed by atoms with Gasteiger partial charge in [-0.1, -0.05) is 12.1 Å². The molecule has 0 radical (unpaired) electrons. The van der Waals surface area contributed by atoms with Crippen LogP contribution in [0.5, 0.6) is 11.5 Å². The van der Waals surface area contributed by atoms with Crippen LogP contribution in [0.3, 0.4) is 0 Å². The molecule has 3 nitrogen and oxygen atoms in total. The average molecular weight is 328 g/mol. The summed E-state index contributed by atoms with van der Waals surface area (Å²) in [6.07, 6.45) is 0. The molecule has 0 N–H and O–H groups in total. The summed E-state index contributed by atoms with van der Waals surface area (Å²) in [4.78, 5) is 12.2. The number of halogens is 2. The molecule has 0 aliphatic carbocycles. The molecule has 3 aromatic rings. The van der Waals surface area contributed by atoms with Gasteiger partial charge >= 0.3 is 5.97 Å². The Morgan fingerprint density at radius 3 is 2.46 bits per heavy atom. The molecule has 0 unspecified atom stereocenters. The van der Waals surface area contributed by atoms with Gasteiger partial charge in [0.25, 0.3) is 0 Å². The normalized spacial score (nSPS) is 10.6. The van der Waals surface area contributed by atoms with Gasteiger partial charge in [0, 0.05) is 6.07 Å². The van der Waals surface area contributed by atoms with E-state index in [0.29, 0.717) is 23.1 Å². The summed E-state index contributed by atoms with van der Waals surface area (Å²) in [7, 11) is 0. The van der Waals surface area contributed by atoms with Gasteiger partial charge in [-0.3, -0.25) is 0 Å². The molecule has 0 heterocycles. The molecule has 3 rings (SSSR count). The molecule has 5 heteroatoms. The predicted octanol–water partition coefficient (Wildman–Crippen LogP) is 4.74. The van der Waals surface area contributed by atoms with Crippen molar-refractivity contribution in [3.8, 4) is 11.5 Å². The summed E-state index contributed by atoms with van der Waals surface area (Å²) in [5, 5.41) is 1.36. The summed E-state index contributed by atoms with van der Waals surface area (Å²) in [5.41, 5.74) is 0.252. The lowest BCUT2D eigenvalue weighted by Crippen LogP contribution is -2.09. The number of hydrogen-bond acceptors (Lipinski definition) is 3. The Morgan fingerprint density at radius 2 is 1.71 bits per heavy atom. The quantitative estimate of drug-likeness (QED) is 0.513. The van der Waals surface area contributed by atoms with Crippen molar-refractivity contribution < 1.29 is 23.0 Å². The maximum absolute atomic E-state index is 13.9.